The second-order valence-electron chi connectivity index (χ2n) is 7.89. The highest BCUT2D eigenvalue weighted by atomic mass is 16.3. The minimum Gasteiger partial charge on any atom is -0.505 e. The molecule has 154 valence electrons. The van der Waals surface area contributed by atoms with E-state index in [1.807, 2.05) is 25.1 Å². The van der Waals surface area contributed by atoms with Crippen molar-refractivity contribution in [3.05, 3.63) is 69.9 Å². The van der Waals surface area contributed by atoms with Gasteiger partial charge in [0.05, 0.1) is 5.56 Å². The first-order valence-electron chi connectivity index (χ1n) is 10.0. The Balaban J connectivity index is 1.88. The minimum absolute atomic E-state index is 0.0836. The van der Waals surface area contributed by atoms with E-state index in [2.05, 4.69) is 17.1 Å². The number of aliphatic hydroxyl groups excluding tert-OH is 1. The normalized spacial score (nSPS) is 13.2. The van der Waals surface area contributed by atoms with Crippen LogP contribution in [0.5, 0.6) is 5.75 Å². The molecule has 0 spiro atoms. The molecule has 2 heterocycles. The van der Waals surface area contributed by atoms with E-state index in [1.54, 1.807) is 13.2 Å². The molecule has 0 radical (unpaired) electrons. The van der Waals surface area contributed by atoms with Crippen molar-refractivity contribution in [3.63, 3.8) is 0 Å². The van der Waals surface area contributed by atoms with Crippen LogP contribution < -0.4 is 0 Å². The van der Waals surface area contributed by atoms with Crippen LogP contribution in [0.2, 0.25) is 0 Å². The van der Waals surface area contributed by atoms with Gasteiger partial charge in [0.2, 0.25) is 0 Å². The van der Waals surface area contributed by atoms with Gasteiger partial charge in [0.15, 0.2) is 11.5 Å². The summed E-state index contributed by atoms with van der Waals surface area (Å²) >= 11 is 0. The smallest absolute Gasteiger partial charge is 0.258 e. The Morgan fingerprint density at radius 3 is 2.63 bits per heavy atom. The first-order chi connectivity index (χ1) is 14.4. The Morgan fingerprint density at radius 2 is 1.93 bits per heavy atom. The third-order valence-corrected chi connectivity index (χ3v) is 5.60. The third kappa shape index (κ3) is 3.44. The topological polar surface area (TPSA) is 90.7 Å². The lowest BCUT2D eigenvalue weighted by atomic mass is 9.91. The van der Waals surface area contributed by atoms with E-state index in [-0.39, 0.29) is 48.1 Å². The summed E-state index contributed by atoms with van der Waals surface area (Å²) in [5.74, 6) is -0.635. The Morgan fingerprint density at radius 1 is 1.20 bits per heavy atom. The van der Waals surface area contributed by atoms with Crippen molar-refractivity contribution in [2.24, 2.45) is 0 Å². The van der Waals surface area contributed by atoms with Gasteiger partial charge in [-0.05, 0) is 42.5 Å². The summed E-state index contributed by atoms with van der Waals surface area (Å²) in [4.78, 5) is 31.5. The van der Waals surface area contributed by atoms with Crippen molar-refractivity contribution in [2.75, 3.05) is 13.7 Å². The third-order valence-electron chi connectivity index (χ3n) is 5.60. The van der Waals surface area contributed by atoms with Crippen LogP contribution in [0.3, 0.4) is 0 Å². The number of nitrogens with zero attached hydrogens (tertiary/aromatic N) is 2. The molecule has 0 bridgehead atoms. The number of aromatic nitrogens is 1. The number of hydrogen-bond acceptors (Lipinski definition) is 5. The van der Waals surface area contributed by atoms with Crippen LogP contribution >= 0.6 is 0 Å². The second kappa shape index (κ2) is 7.88. The number of Topliss-reactive ketones (excluding diaryl/α,β-unsaturated/α-hetero) is 1. The second-order valence-corrected chi connectivity index (χ2v) is 7.89. The number of phenolic OH excluding ortho intramolecular Hbond substituents is 1. The van der Waals surface area contributed by atoms with E-state index in [4.69, 9.17) is 5.11 Å². The number of amides is 1. The summed E-state index contributed by atoms with van der Waals surface area (Å²) in [6.07, 6.45) is 2.84. The van der Waals surface area contributed by atoms with Crippen molar-refractivity contribution in [1.82, 2.24) is 9.88 Å². The number of aliphatic hydroxyl groups is 1. The summed E-state index contributed by atoms with van der Waals surface area (Å²) in [5, 5.41) is 20.5. The molecule has 3 aromatic rings. The summed E-state index contributed by atoms with van der Waals surface area (Å²) in [6.45, 7) is 2.22. The molecule has 6 nitrogen and oxygen atoms in total. The van der Waals surface area contributed by atoms with Crippen molar-refractivity contribution >= 4 is 22.6 Å². The van der Waals surface area contributed by atoms with Crippen LogP contribution in [0.25, 0.3) is 10.9 Å². The van der Waals surface area contributed by atoms with Gasteiger partial charge in [-0.2, -0.15) is 0 Å². The zero-order valence-corrected chi connectivity index (χ0v) is 17.1. The molecule has 6 heteroatoms. The Hall–Kier alpha value is -3.25. The fraction of sp³-hybridized carbons (Fsp3) is 0.292. The lowest BCUT2D eigenvalue weighted by Crippen LogP contribution is -2.17. The molecule has 1 aromatic heterocycles. The number of ketones is 1. The molecular weight excluding hydrogens is 380 g/mol. The average molecular weight is 404 g/mol. The van der Waals surface area contributed by atoms with Crippen LogP contribution in [-0.4, -0.2) is 45.4 Å². The molecule has 2 N–H and O–H groups in total. The van der Waals surface area contributed by atoms with E-state index in [0.717, 1.165) is 11.1 Å². The van der Waals surface area contributed by atoms with Crippen molar-refractivity contribution in [1.29, 1.82) is 0 Å². The van der Waals surface area contributed by atoms with Gasteiger partial charge >= 0.3 is 0 Å². The molecule has 30 heavy (non-hydrogen) atoms. The zero-order chi connectivity index (χ0) is 21.4. The first kappa shape index (κ1) is 20.0. The number of pyridine rings is 1. The number of carbonyl (C=O) groups excluding carboxylic acids is 2. The molecule has 0 saturated heterocycles. The lowest BCUT2D eigenvalue weighted by molar-refractivity contribution is 0.0813. The van der Waals surface area contributed by atoms with Crippen molar-refractivity contribution < 1.29 is 19.8 Å². The van der Waals surface area contributed by atoms with E-state index >= 15 is 0 Å². The number of phenols is 1. The van der Waals surface area contributed by atoms with Crippen molar-refractivity contribution in [2.45, 2.75) is 32.7 Å². The van der Waals surface area contributed by atoms with E-state index in [9.17, 15) is 14.7 Å². The molecule has 1 aliphatic heterocycles. The molecule has 0 aliphatic carbocycles. The van der Waals surface area contributed by atoms with Gasteiger partial charge in [-0.15, -0.1) is 0 Å². The Bertz CT molecular complexity index is 1150. The quantitative estimate of drug-likeness (QED) is 0.615. The largest absolute Gasteiger partial charge is 0.505 e. The molecule has 1 amide bonds. The summed E-state index contributed by atoms with van der Waals surface area (Å²) < 4.78 is 0. The number of benzene rings is 2. The Kier molecular flexibility index (Phi) is 5.26. The number of rotatable bonds is 6. The fourth-order valence-corrected chi connectivity index (χ4v) is 4.05. The van der Waals surface area contributed by atoms with E-state index < -0.39 is 0 Å². The molecule has 4 rings (SSSR count). The summed E-state index contributed by atoms with van der Waals surface area (Å²) in [6, 6.07) is 10.1. The number of aryl methyl sites for hydroxylation is 1. The van der Waals surface area contributed by atoms with Gasteiger partial charge in [0.25, 0.3) is 5.91 Å². The van der Waals surface area contributed by atoms with Gasteiger partial charge < -0.3 is 15.1 Å². The first-order valence-corrected chi connectivity index (χ1v) is 10.0. The predicted molar refractivity (Wildman–Crippen MR) is 114 cm³/mol. The molecule has 0 fully saturated rings. The number of aromatic hydroxyl groups is 1. The van der Waals surface area contributed by atoms with Gasteiger partial charge in [-0.25, -0.2) is 0 Å². The van der Waals surface area contributed by atoms with Crippen LogP contribution in [0.15, 0.2) is 36.5 Å². The standard InChI is InChI=1S/C24H24N2O4/c1-14-5-7-15(8-6-14)10-16-11-17-20(19(28)4-3-9-27)18-13-26(2)24(30)21(18)23(29)22(17)25-12-16/h5-8,11-12,27,29H,3-4,9-10,13H2,1-2H3. The Labute approximate surface area is 174 Å². The highest BCUT2D eigenvalue weighted by molar-refractivity contribution is 6.16. The number of carbonyl (C=O) groups is 2. The number of hydrogen-bond donors (Lipinski definition) is 2. The molecule has 2 aromatic carbocycles. The maximum absolute atomic E-state index is 13.1. The van der Waals surface area contributed by atoms with Crippen LogP contribution in [-0.2, 0) is 13.0 Å². The molecule has 0 saturated carbocycles. The predicted octanol–water partition coefficient (Wildman–Crippen LogP) is 3.38. The molecule has 0 unspecified atom stereocenters. The maximum Gasteiger partial charge on any atom is 0.258 e. The van der Waals surface area contributed by atoms with Gasteiger partial charge in [0.1, 0.15) is 5.52 Å². The monoisotopic (exact) mass is 404 g/mol. The number of fused-ring (bicyclic) bond motifs is 2. The van der Waals surface area contributed by atoms with E-state index in [1.165, 1.54) is 10.5 Å². The highest BCUT2D eigenvalue weighted by Crippen LogP contribution is 2.40. The van der Waals surface area contributed by atoms with Gasteiger partial charge in [0, 0.05) is 43.8 Å². The molecule has 0 atom stereocenters. The molecular formula is C24H24N2O4. The zero-order valence-electron chi connectivity index (χ0n) is 17.1. The van der Waals surface area contributed by atoms with Gasteiger partial charge in [-0.3, -0.25) is 14.6 Å². The molecule has 1 aliphatic rings. The van der Waals surface area contributed by atoms with Crippen LogP contribution in [0, 0.1) is 6.92 Å². The fourth-order valence-electron chi connectivity index (χ4n) is 4.05. The van der Waals surface area contributed by atoms with Crippen LogP contribution in [0.1, 0.15) is 55.8 Å². The minimum atomic E-state index is -0.314. The summed E-state index contributed by atoms with van der Waals surface area (Å²) in [5.41, 5.74) is 4.62. The SMILES string of the molecule is Cc1ccc(Cc2cnc3c(O)c4c(c(C(=O)CCCO)c3c2)CN(C)C4=O)cc1. The highest BCUT2D eigenvalue weighted by Gasteiger charge is 2.34. The van der Waals surface area contributed by atoms with Crippen LogP contribution in [0.4, 0.5) is 0 Å². The van der Waals surface area contributed by atoms with E-state index in [0.29, 0.717) is 29.4 Å². The summed E-state index contributed by atoms with van der Waals surface area (Å²) in [7, 11) is 1.64. The average Bonchev–Trinajstić information content (AvgIpc) is 3.02. The van der Waals surface area contributed by atoms with Gasteiger partial charge in [-0.1, -0.05) is 29.8 Å². The lowest BCUT2D eigenvalue weighted by Gasteiger charge is -2.14. The maximum atomic E-state index is 13.1. The van der Waals surface area contributed by atoms with Crippen molar-refractivity contribution in [3.8, 4) is 5.75 Å².